The van der Waals surface area contributed by atoms with E-state index in [4.69, 9.17) is 9.47 Å². The first-order chi connectivity index (χ1) is 8.80. The fraction of sp³-hybridized carbons (Fsp3) is 0.429. The third kappa shape index (κ3) is 5.90. The number of carbonyl (C=O) groups is 2. The smallest absolute Gasteiger partial charge is 0.413 e. The normalized spacial score (nSPS) is 12.4. The van der Waals surface area contributed by atoms with Gasteiger partial charge in [0.15, 0.2) is 0 Å². The highest BCUT2D eigenvalue weighted by molar-refractivity contribution is 5.74. The van der Waals surface area contributed by atoms with Crippen molar-refractivity contribution < 1.29 is 19.1 Å². The van der Waals surface area contributed by atoms with Crippen molar-refractivity contribution in [3.05, 3.63) is 24.3 Å². The lowest BCUT2D eigenvalue weighted by Crippen LogP contribution is -2.35. The van der Waals surface area contributed by atoms with Gasteiger partial charge in [-0.05, 0) is 52.0 Å². The van der Waals surface area contributed by atoms with Gasteiger partial charge >= 0.3 is 6.09 Å². The van der Waals surface area contributed by atoms with Crippen molar-refractivity contribution >= 4 is 12.4 Å². The molecule has 1 atom stereocenters. The lowest BCUT2D eigenvalue weighted by molar-refractivity contribution is -0.109. The summed E-state index contributed by atoms with van der Waals surface area (Å²) in [5, 5.41) is 2.37. The van der Waals surface area contributed by atoms with Crippen LogP contribution in [0.5, 0.6) is 11.5 Å². The molecule has 5 heteroatoms. The first-order valence-corrected chi connectivity index (χ1v) is 6.03. The summed E-state index contributed by atoms with van der Waals surface area (Å²) in [6.07, 6.45) is -0.0364. The molecule has 1 amide bonds. The molecule has 1 N–H and O–H groups in total. The SMILES string of the molecule is CC(C=O)NC(=O)Oc1ccc(OC(C)(C)C)cc1. The highest BCUT2D eigenvalue weighted by atomic mass is 16.6. The summed E-state index contributed by atoms with van der Waals surface area (Å²) in [6.45, 7) is 7.41. The van der Waals surface area contributed by atoms with Gasteiger partial charge in [-0.15, -0.1) is 0 Å². The van der Waals surface area contributed by atoms with E-state index in [1.807, 2.05) is 20.8 Å². The maximum absolute atomic E-state index is 11.4. The van der Waals surface area contributed by atoms with Crippen LogP contribution in [0.2, 0.25) is 0 Å². The minimum absolute atomic E-state index is 0.279. The number of ether oxygens (including phenoxy) is 2. The number of hydrogen-bond donors (Lipinski definition) is 1. The Morgan fingerprint density at radius 3 is 2.21 bits per heavy atom. The van der Waals surface area contributed by atoms with E-state index in [1.165, 1.54) is 0 Å². The number of nitrogens with one attached hydrogen (secondary N) is 1. The molecular formula is C14H19NO4. The molecule has 1 aromatic carbocycles. The quantitative estimate of drug-likeness (QED) is 0.850. The first-order valence-electron chi connectivity index (χ1n) is 6.03. The van der Waals surface area contributed by atoms with E-state index in [0.717, 1.165) is 0 Å². The Bertz CT molecular complexity index is 434. The number of aldehydes is 1. The lowest BCUT2D eigenvalue weighted by Gasteiger charge is -2.21. The second kappa shape index (κ2) is 6.22. The molecule has 0 aromatic heterocycles. The first kappa shape index (κ1) is 15.0. The summed E-state index contributed by atoms with van der Waals surface area (Å²) in [7, 11) is 0. The van der Waals surface area contributed by atoms with Gasteiger partial charge in [0.05, 0.1) is 6.04 Å². The van der Waals surface area contributed by atoms with E-state index in [0.29, 0.717) is 17.8 Å². The van der Waals surface area contributed by atoms with Gasteiger partial charge in [0.25, 0.3) is 0 Å². The summed E-state index contributed by atoms with van der Waals surface area (Å²) in [5.41, 5.74) is -0.279. The average molecular weight is 265 g/mol. The molecule has 1 unspecified atom stereocenters. The topological polar surface area (TPSA) is 64.6 Å². The van der Waals surface area contributed by atoms with Crippen LogP contribution in [0.1, 0.15) is 27.7 Å². The molecular weight excluding hydrogens is 246 g/mol. The van der Waals surface area contributed by atoms with Gasteiger partial charge in [-0.3, -0.25) is 0 Å². The number of amides is 1. The van der Waals surface area contributed by atoms with Crippen molar-refractivity contribution in [1.29, 1.82) is 0 Å². The standard InChI is InChI=1S/C14H19NO4/c1-10(9-16)15-13(17)18-11-5-7-12(8-6-11)19-14(2,3)4/h5-10H,1-4H3,(H,15,17). The summed E-state index contributed by atoms with van der Waals surface area (Å²) in [4.78, 5) is 21.8. The Hall–Kier alpha value is -2.04. The van der Waals surface area contributed by atoms with Crippen molar-refractivity contribution in [1.82, 2.24) is 5.32 Å². The highest BCUT2D eigenvalue weighted by Gasteiger charge is 2.12. The molecule has 0 spiro atoms. The van der Waals surface area contributed by atoms with E-state index in [9.17, 15) is 9.59 Å². The van der Waals surface area contributed by atoms with Crippen molar-refractivity contribution in [2.45, 2.75) is 39.3 Å². The molecule has 0 radical (unpaired) electrons. The van der Waals surface area contributed by atoms with E-state index in [2.05, 4.69) is 5.32 Å². The second-order valence-corrected chi connectivity index (χ2v) is 5.14. The van der Waals surface area contributed by atoms with Crippen LogP contribution in [0.25, 0.3) is 0 Å². The van der Waals surface area contributed by atoms with Gasteiger partial charge in [0.1, 0.15) is 23.4 Å². The molecule has 0 aliphatic rings. The zero-order valence-electron chi connectivity index (χ0n) is 11.6. The van der Waals surface area contributed by atoms with E-state index >= 15 is 0 Å². The molecule has 104 valence electrons. The van der Waals surface area contributed by atoms with Crippen molar-refractivity contribution in [3.63, 3.8) is 0 Å². The summed E-state index contributed by atoms with van der Waals surface area (Å²) < 4.78 is 10.6. The van der Waals surface area contributed by atoms with Crippen LogP contribution in [-0.4, -0.2) is 24.0 Å². The molecule has 0 bridgehead atoms. The number of benzene rings is 1. The van der Waals surface area contributed by atoms with Crippen LogP contribution in [0, 0.1) is 0 Å². The summed E-state index contributed by atoms with van der Waals surface area (Å²) in [5.74, 6) is 1.08. The molecule has 0 saturated carbocycles. The Labute approximate surface area is 112 Å². The van der Waals surface area contributed by atoms with Crippen LogP contribution in [0.15, 0.2) is 24.3 Å². The highest BCUT2D eigenvalue weighted by Crippen LogP contribution is 2.21. The maximum atomic E-state index is 11.4. The predicted molar refractivity (Wildman–Crippen MR) is 71.5 cm³/mol. The van der Waals surface area contributed by atoms with Crippen LogP contribution in [0.3, 0.4) is 0 Å². The third-order valence-electron chi connectivity index (χ3n) is 2.01. The number of carbonyl (C=O) groups excluding carboxylic acids is 2. The summed E-state index contributed by atoms with van der Waals surface area (Å²) >= 11 is 0. The second-order valence-electron chi connectivity index (χ2n) is 5.14. The molecule has 0 aliphatic heterocycles. The van der Waals surface area contributed by atoms with Crippen molar-refractivity contribution in [2.24, 2.45) is 0 Å². The fourth-order valence-electron chi connectivity index (χ4n) is 1.29. The van der Waals surface area contributed by atoms with Gasteiger partial charge in [-0.1, -0.05) is 0 Å². The molecule has 0 saturated heterocycles. The minimum atomic E-state index is -0.663. The van der Waals surface area contributed by atoms with Gasteiger partial charge < -0.3 is 19.6 Å². The number of hydrogen-bond acceptors (Lipinski definition) is 4. The molecule has 0 heterocycles. The molecule has 19 heavy (non-hydrogen) atoms. The van der Waals surface area contributed by atoms with E-state index < -0.39 is 12.1 Å². The van der Waals surface area contributed by atoms with Crippen molar-refractivity contribution in [2.75, 3.05) is 0 Å². The maximum Gasteiger partial charge on any atom is 0.413 e. The van der Waals surface area contributed by atoms with Gasteiger partial charge in [0.2, 0.25) is 0 Å². The molecule has 5 nitrogen and oxygen atoms in total. The van der Waals surface area contributed by atoms with Crippen LogP contribution in [-0.2, 0) is 4.79 Å². The fourth-order valence-corrected chi connectivity index (χ4v) is 1.29. The zero-order chi connectivity index (χ0) is 14.5. The Morgan fingerprint density at radius 1 is 1.21 bits per heavy atom. The molecule has 1 aromatic rings. The number of rotatable bonds is 4. The van der Waals surface area contributed by atoms with Crippen LogP contribution >= 0.6 is 0 Å². The monoisotopic (exact) mass is 265 g/mol. The average Bonchev–Trinajstić information content (AvgIpc) is 2.29. The van der Waals surface area contributed by atoms with Gasteiger partial charge in [-0.2, -0.15) is 0 Å². The van der Waals surface area contributed by atoms with E-state index in [-0.39, 0.29) is 5.60 Å². The van der Waals surface area contributed by atoms with Crippen molar-refractivity contribution in [3.8, 4) is 11.5 Å². The largest absolute Gasteiger partial charge is 0.488 e. The third-order valence-corrected chi connectivity index (χ3v) is 2.01. The summed E-state index contributed by atoms with van der Waals surface area (Å²) in [6, 6.07) is 6.13. The molecule has 0 fully saturated rings. The van der Waals surface area contributed by atoms with Gasteiger partial charge in [-0.25, -0.2) is 4.79 Å². The van der Waals surface area contributed by atoms with Crippen LogP contribution in [0.4, 0.5) is 4.79 Å². The molecule has 1 rings (SSSR count). The minimum Gasteiger partial charge on any atom is -0.488 e. The predicted octanol–water partition coefficient (Wildman–Crippen LogP) is 2.54. The Morgan fingerprint density at radius 2 is 1.74 bits per heavy atom. The Balaban J connectivity index is 2.57. The Kier molecular flexibility index (Phi) is 4.92. The lowest BCUT2D eigenvalue weighted by atomic mass is 10.2. The van der Waals surface area contributed by atoms with Gasteiger partial charge in [0, 0.05) is 0 Å². The zero-order valence-corrected chi connectivity index (χ0v) is 11.6. The van der Waals surface area contributed by atoms with Crippen LogP contribution < -0.4 is 14.8 Å². The molecule has 0 aliphatic carbocycles. The van der Waals surface area contributed by atoms with E-state index in [1.54, 1.807) is 31.2 Å².